The Bertz CT molecular complexity index is 3860. The van der Waals surface area contributed by atoms with Crippen LogP contribution in [0.1, 0.15) is 54.7 Å². The number of aromatic hydroxyl groups is 1. The van der Waals surface area contributed by atoms with E-state index in [4.69, 9.17) is 32.7 Å². The number of amides is 1. The second-order valence-corrected chi connectivity index (χ2v) is 19.9. The van der Waals surface area contributed by atoms with Crippen LogP contribution in [0.2, 0.25) is 10.0 Å². The molecule has 4 N–H and O–H groups in total. The normalized spacial score (nSPS) is 11.9. The summed E-state index contributed by atoms with van der Waals surface area (Å²) in [7, 11) is -9.40. The Hall–Kier alpha value is -6.41. The fourth-order valence-corrected chi connectivity index (χ4v) is 9.71. The first-order valence-corrected chi connectivity index (χ1v) is 26.8. The molecule has 0 saturated carbocycles. The van der Waals surface area contributed by atoms with Crippen molar-refractivity contribution >= 4 is 160 Å². The van der Waals surface area contributed by atoms with E-state index in [0.29, 0.717) is 75.9 Å². The summed E-state index contributed by atoms with van der Waals surface area (Å²) >= 11 is 12.6. The molecule has 392 valence electrons. The molecule has 0 fully saturated rings. The van der Waals surface area contributed by atoms with Crippen LogP contribution in [-0.2, 0) is 33.1 Å². The number of hydrogen-bond donors (Lipinski definition) is 4. The van der Waals surface area contributed by atoms with Gasteiger partial charge in [-0.2, -0.15) is 21.9 Å². The molecule has 0 aliphatic rings. The van der Waals surface area contributed by atoms with Gasteiger partial charge in [0.15, 0.2) is 5.75 Å². The van der Waals surface area contributed by atoms with Crippen LogP contribution in [0, 0.1) is 0 Å². The van der Waals surface area contributed by atoms with Crippen LogP contribution >= 0.6 is 23.2 Å². The largest absolute Gasteiger partial charge is 2.00 e. The van der Waals surface area contributed by atoms with Gasteiger partial charge in [-0.25, -0.2) is 0 Å². The number of aliphatic imine (C=N–C) groups is 1. The minimum absolute atomic E-state index is 0. The fourth-order valence-electron chi connectivity index (χ4n) is 7.65. The van der Waals surface area contributed by atoms with Gasteiger partial charge in [0.05, 0.1) is 40.2 Å². The van der Waals surface area contributed by atoms with Crippen molar-refractivity contribution in [2.45, 2.75) is 50.3 Å². The van der Waals surface area contributed by atoms with Crippen LogP contribution < -0.4 is 25.0 Å². The van der Waals surface area contributed by atoms with E-state index in [9.17, 15) is 46.1 Å². The zero-order valence-corrected chi connectivity index (χ0v) is 49.1. The second kappa shape index (κ2) is 26.3. The number of phenols is 1. The van der Waals surface area contributed by atoms with Gasteiger partial charge < -0.3 is 30.1 Å². The van der Waals surface area contributed by atoms with Gasteiger partial charge in [-0.3, -0.25) is 18.9 Å². The molecule has 0 aromatic heterocycles. The smallest absolute Gasteiger partial charge is 0.871 e. The Balaban J connectivity index is 0.000000246. The average molecular weight is 1240 g/mol. The number of carbonyl (C=O) groups excluding carboxylic acids is 1. The molecule has 0 spiro atoms. The number of anilines is 1. The van der Waals surface area contributed by atoms with Crippen LogP contribution in [0.15, 0.2) is 169 Å². The Labute approximate surface area is 493 Å². The van der Waals surface area contributed by atoms with E-state index in [1.54, 1.807) is 118 Å². The van der Waals surface area contributed by atoms with E-state index in [1.807, 2.05) is 6.92 Å². The minimum atomic E-state index is -4.71. The molecule has 8 rings (SSSR count). The van der Waals surface area contributed by atoms with E-state index in [2.05, 4.69) is 30.8 Å². The van der Waals surface area contributed by atoms with Crippen molar-refractivity contribution in [2.24, 2.45) is 25.4 Å². The van der Waals surface area contributed by atoms with Crippen molar-refractivity contribution < 1.29 is 55.5 Å². The van der Waals surface area contributed by atoms with Gasteiger partial charge in [-0.1, -0.05) is 116 Å². The summed E-state index contributed by atoms with van der Waals surface area (Å²) in [6, 6.07) is 35.6. The first-order chi connectivity index (χ1) is 36.3. The van der Waals surface area contributed by atoms with Crippen molar-refractivity contribution in [3.05, 3.63) is 166 Å². The van der Waals surface area contributed by atoms with E-state index in [0.717, 1.165) is 0 Å². The maximum absolute atomic E-state index is 13.4. The third-order valence-electron chi connectivity index (χ3n) is 11.3. The van der Waals surface area contributed by atoms with Gasteiger partial charge in [-0.15, -0.1) is 15.3 Å². The van der Waals surface area contributed by atoms with Crippen molar-refractivity contribution in [1.82, 2.24) is 0 Å². The van der Waals surface area contributed by atoms with Gasteiger partial charge in [0, 0.05) is 10.8 Å². The number of rotatable bonds is 16. The minimum Gasteiger partial charge on any atom is -0.871 e. The molecule has 0 atom stereocenters. The van der Waals surface area contributed by atoms with Crippen molar-refractivity contribution in [3.63, 3.8) is 0 Å². The molecule has 77 heavy (non-hydrogen) atoms. The topological polar surface area (TPSA) is 284 Å². The quantitative estimate of drug-likeness (QED) is 0.0231. The summed E-state index contributed by atoms with van der Waals surface area (Å²) in [6.07, 6.45) is 0.920. The Morgan fingerprint density at radius 1 is 0.597 bits per heavy atom. The van der Waals surface area contributed by atoms with Crippen molar-refractivity contribution in [2.75, 3.05) is 18.5 Å². The van der Waals surface area contributed by atoms with E-state index in [1.165, 1.54) is 36.4 Å². The molecule has 0 unspecified atom stereocenters. The van der Waals surface area contributed by atoms with Crippen LogP contribution in [-0.4, -0.2) is 105 Å². The summed E-state index contributed by atoms with van der Waals surface area (Å²) in [4.78, 5) is 16.3. The van der Waals surface area contributed by atoms with Gasteiger partial charge in [0.25, 0.3) is 26.1 Å². The Kier molecular flexibility index (Phi) is 20.4. The molecule has 0 heterocycles. The molecular formula is C54H46BaCl2N6O12S2. The molecule has 8 aromatic rings. The van der Waals surface area contributed by atoms with Crippen molar-refractivity contribution in [3.8, 4) is 23.0 Å². The SMILES string of the molecule is CCOc1ccccc1N=C([O-])c1cc2ccccc2c(N=Nc2c(Cl)cc(CC)cc2S(=O)(=O)O)c1[O-].CCOc1ccccc1NC(=O)c1cc2ccccc2c(N=Nc2c(Cl)cc(CC)cc2S(=O)(=O)O)c1O.[Ba+2]. The summed E-state index contributed by atoms with van der Waals surface area (Å²) in [5, 5.41) is 58.3. The zero-order valence-electron chi connectivity index (χ0n) is 41.6. The predicted molar refractivity (Wildman–Crippen MR) is 294 cm³/mol. The van der Waals surface area contributed by atoms with Gasteiger partial charge in [-0.05, 0) is 121 Å². The Morgan fingerprint density at radius 2 is 1.04 bits per heavy atom. The number of halogens is 2. The Morgan fingerprint density at radius 3 is 1.57 bits per heavy atom. The first-order valence-electron chi connectivity index (χ1n) is 23.2. The number of para-hydroxylation sites is 4. The number of aryl methyl sites for hydroxylation is 2. The third-order valence-corrected chi connectivity index (χ3v) is 13.6. The monoisotopic (exact) mass is 1240 g/mol. The zero-order chi connectivity index (χ0) is 54.9. The number of carbonyl (C=O) groups is 1. The van der Waals surface area contributed by atoms with E-state index < -0.39 is 53.3 Å². The van der Waals surface area contributed by atoms with E-state index in [-0.39, 0.29) is 98.5 Å². The maximum Gasteiger partial charge on any atom is 2.00 e. The third kappa shape index (κ3) is 14.2. The van der Waals surface area contributed by atoms with Crippen LogP contribution in [0.5, 0.6) is 23.0 Å². The maximum atomic E-state index is 13.4. The fraction of sp³-hybridized carbons (Fsp3) is 0.148. The predicted octanol–water partition coefficient (Wildman–Crippen LogP) is 12.3. The summed E-state index contributed by atoms with van der Waals surface area (Å²) in [5.74, 6) is -1.82. The van der Waals surface area contributed by atoms with Crippen LogP contribution in [0.4, 0.5) is 34.1 Å². The first kappa shape index (κ1) is 59.8. The molecule has 0 aliphatic carbocycles. The molecule has 0 radical (unpaired) electrons. The molecule has 0 bridgehead atoms. The molecule has 0 aliphatic heterocycles. The molecular weight excluding hydrogens is 1200 g/mol. The average Bonchev–Trinajstić information content (AvgIpc) is 3.40. The molecule has 0 saturated heterocycles. The van der Waals surface area contributed by atoms with Crippen LogP contribution in [0.25, 0.3) is 21.5 Å². The number of ether oxygens (including phenoxy) is 2. The van der Waals surface area contributed by atoms with Gasteiger partial charge >= 0.3 is 48.9 Å². The number of phenolic OH excluding ortho intramolecular Hbond substituents is 1. The number of benzene rings is 8. The number of hydrogen-bond acceptors (Lipinski definition) is 15. The van der Waals surface area contributed by atoms with Gasteiger partial charge in [0.2, 0.25) is 0 Å². The second-order valence-electron chi connectivity index (χ2n) is 16.3. The number of nitrogens with zero attached hydrogens (tertiary/aromatic N) is 5. The molecule has 18 nitrogen and oxygen atoms in total. The number of fused-ring (bicyclic) bond motifs is 2. The molecule has 8 aromatic carbocycles. The summed E-state index contributed by atoms with van der Waals surface area (Å²) in [5.41, 5.74) is 0.528. The summed E-state index contributed by atoms with van der Waals surface area (Å²) < 4.78 is 78.7. The number of azo groups is 2. The molecule has 23 heteroatoms. The van der Waals surface area contributed by atoms with E-state index >= 15 is 0 Å². The standard InChI is InChI=1S/2C27H24ClN3O6S.Ba/c2*1-3-16-13-20(28)25(23(14-16)38(34,35)36)31-30-24-18-10-6-5-9-17(18)15-19(26(24)32)27(33)29-21-11-7-8-12-22(21)37-4-2;/h2*5-15,32H,3-4H2,1-2H3,(H,29,33)(H,34,35,36);/q;;+2/p-2. The summed E-state index contributed by atoms with van der Waals surface area (Å²) in [6.45, 7) is 7.96. The van der Waals surface area contributed by atoms with Crippen molar-refractivity contribution in [1.29, 1.82) is 0 Å². The number of nitrogens with one attached hydrogen (secondary N) is 1. The molecule has 1 amide bonds. The van der Waals surface area contributed by atoms with Crippen LogP contribution in [0.3, 0.4) is 0 Å². The van der Waals surface area contributed by atoms with Gasteiger partial charge in [0.1, 0.15) is 44.0 Å².